The van der Waals surface area contributed by atoms with Gasteiger partial charge in [-0.05, 0) is 28.1 Å². The van der Waals surface area contributed by atoms with Gasteiger partial charge in [0.15, 0.2) is 0 Å². The summed E-state index contributed by atoms with van der Waals surface area (Å²) in [7, 11) is 0. The quantitative estimate of drug-likeness (QED) is 0.662. The lowest BCUT2D eigenvalue weighted by Crippen LogP contribution is -2.11. The highest BCUT2D eigenvalue weighted by Gasteiger charge is 2.07. The fourth-order valence-corrected chi connectivity index (χ4v) is 1.67. The molecular formula is C7H7BrN4. The van der Waals surface area contributed by atoms with E-state index < -0.39 is 0 Å². The summed E-state index contributed by atoms with van der Waals surface area (Å²) in [6.07, 6.45) is 0. The Labute approximate surface area is 77.3 Å². The molecule has 12 heavy (non-hydrogen) atoms. The second kappa shape index (κ2) is 2.38. The number of nitrogens with two attached hydrogens (primary N) is 2. The maximum atomic E-state index is 5.64. The minimum atomic E-state index is 0.317. The van der Waals surface area contributed by atoms with Gasteiger partial charge in [-0.3, -0.25) is 0 Å². The molecule has 1 aromatic carbocycles. The van der Waals surface area contributed by atoms with Crippen LogP contribution in [0.1, 0.15) is 0 Å². The average molecular weight is 227 g/mol. The van der Waals surface area contributed by atoms with E-state index in [0.717, 1.165) is 15.5 Å². The number of halogens is 1. The number of hydrogen-bond acceptors (Lipinski definition) is 3. The van der Waals surface area contributed by atoms with Gasteiger partial charge < -0.3 is 11.6 Å². The van der Waals surface area contributed by atoms with Crippen LogP contribution in [0.4, 0.5) is 5.95 Å². The molecular weight excluding hydrogens is 220 g/mol. The predicted octanol–water partition coefficient (Wildman–Crippen LogP) is 1.09. The van der Waals surface area contributed by atoms with E-state index in [2.05, 4.69) is 20.9 Å². The molecule has 1 aromatic heterocycles. The molecule has 0 amide bonds. The van der Waals surface area contributed by atoms with Crippen molar-refractivity contribution in [1.82, 2.24) is 9.66 Å². The van der Waals surface area contributed by atoms with Crippen LogP contribution in [0.15, 0.2) is 22.7 Å². The number of rotatable bonds is 0. The molecule has 1 heterocycles. The van der Waals surface area contributed by atoms with Crippen molar-refractivity contribution in [3.05, 3.63) is 22.7 Å². The van der Waals surface area contributed by atoms with E-state index in [0.29, 0.717) is 5.95 Å². The van der Waals surface area contributed by atoms with Crippen molar-refractivity contribution in [2.75, 3.05) is 11.6 Å². The molecule has 2 rings (SSSR count). The number of fused-ring (bicyclic) bond motifs is 1. The summed E-state index contributed by atoms with van der Waals surface area (Å²) in [5.41, 5.74) is 7.14. The Bertz CT molecular complexity index is 434. The van der Waals surface area contributed by atoms with Gasteiger partial charge >= 0.3 is 0 Å². The van der Waals surface area contributed by atoms with Crippen LogP contribution in [-0.2, 0) is 0 Å². The molecule has 2 aromatic rings. The minimum absolute atomic E-state index is 0.317. The summed E-state index contributed by atoms with van der Waals surface area (Å²) in [4.78, 5) is 4.06. The molecule has 0 unspecified atom stereocenters. The zero-order valence-corrected chi connectivity index (χ0v) is 7.75. The fourth-order valence-electron chi connectivity index (χ4n) is 1.12. The maximum absolute atomic E-state index is 5.64. The van der Waals surface area contributed by atoms with Gasteiger partial charge in [0.1, 0.15) is 5.52 Å². The van der Waals surface area contributed by atoms with Crippen molar-refractivity contribution in [1.29, 1.82) is 0 Å². The second-order valence-corrected chi connectivity index (χ2v) is 3.30. The first-order chi connectivity index (χ1) is 5.70. The van der Waals surface area contributed by atoms with Crippen molar-refractivity contribution in [3.8, 4) is 0 Å². The number of aromatic nitrogens is 2. The van der Waals surface area contributed by atoms with Gasteiger partial charge in [0.25, 0.3) is 0 Å². The lowest BCUT2D eigenvalue weighted by molar-refractivity contribution is 1.05. The maximum Gasteiger partial charge on any atom is 0.220 e. The molecule has 0 fully saturated rings. The average Bonchev–Trinajstić information content (AvgIpc) is 2.29. The highest BCUT2D eigenvalue weighted by molar-refractivity contribution is 9.10. The minimum Gasteiger partial charge on any atom is -0.368 e. The number of benzene rings is 1. The van der Waals surface area contributed by atoms with Crippen LogP contribution in [0.2, 0.25) is 0 Å². The van der Waals surface area contributed by atoms with Crippen LogP contribution in [0, 0.1) is 0 Å². The third kappa shape index (κ3) is 0.863. The first-order valence-corrected chi connectivity index (χ1v) is 4.17. The second-order valence-electron chi connectivity index (χ2n) is 2.45. The summed E-state index contributed by atoms with van der Waals surface area (Å²) in [6.45, 7) is 0. The van der Waals surface area contributed by atoms with E-state index in [1.807, 2.05) is 18.2 Å². The Kier molecular flexibility index (Phi) is 1.47. The summed E-state index contributed by atoms with van der Waals surface area (Å²) in [5, 5.41) is 0. The normalized spacial score (nSPS) is 10.8. The number of imidazole rings is 1. The number of para-hydroxylation sites is 1. The Morgan fingerprint density at radius 3 is 2.83 bits per heavy atom. The zero-order chi connectivity index (χ0) is 8.72. The van der Waals surface area contributed by atoms with Gasteiger partial charge in [-0.25, -0.2) is 9.66 Å². The molecule has 4 nitrogen and oxygen atoms in total. The lowest BCUT2D eigenvalue weighted by atomic mass is 10.3. The van der Waals surface area contributed by atoms with Crippen LogP contribution in [0.25, 0.3) is 11.0 Å². The fraction of sp³-hybridized carbons (Fsp3) is 0. The van der Waals surface area contributed by atoms with Crippen LogP contribution in [0.3, 0.4) is 0 Å². The van der Waals surface area contributed by atoms with Gasteiger partial charge in [-0.1, -0.05) is 6.07 Å². The molecule has 0 aliphatic carbocycles. The van der Waals surface area contributed by atoms with E-state index >= 15 is 0 Å². The molecule has 5 heteroatoms. The zero-order valence-electron chi connectivity index (χ0n) is 6.16. The highest BCUT2D eigenvalue weighted by atomic mass is 79.9. The van der Waals surface area contributed by atoms with Crippen LogP contribution < -0.4 is 11.6 Å². The SMILES string of the molecule is Nc1nc2cccc(Br)c2n1N. The summed E-state index contributed by atoms with van der Waals surface area (Å²) in [6, 6.07) is 5.64. The number of nitrogen functional groups attached to an aromatic ring is 2. The van der Waals surface area contributed by atoms with Crippen LogP contribution in [-0.4, -0.2) is 9.66 Å². The van der Waals surface area contributed by atoms with Gasteiger partial charge in [0.05, 0.1) is 5.52 Å². The van der Waals surface area contributed by atoms with E-state index in [1.54, 1.807) is 0 Å². The first kappa shape index (κ1) is 7.42. The van der Waals surface area contributed by atoms with E-state index in [-0.39, 0.29) is 0 Å². The molecule has 0 saturated carbocycles. The van der Waals surface area contributed by atoms with Gasteiger partial charge in [0.2, 0.25) is 5.95 Å². The van der Waals surface area contributed by atoms with Crippen molar-refractivity contribution >= 4 is 32.9 Å². The molecule has 0 atom stereocenters. The lowest BCUT2D eigenvalue weighted by Gasteiger charge is -1.97. The molecule has 0 radical (unpaired) electrons. The van der Waals surface area contributed by atoms with Crippen molar-refractivity contribution in [2.24, 2.45) is 0 Å². The number of hydrogen-bond donors (Lipinski definition) is 2. The Balaban J connectivity index is 2.97. The Morgan fingerprint density at radius 2 is 2.17 bits per heavy atom. The van der Waals surface area contributed by atoms with E-state index in [1.165, 1.54) is 4.68 Å². The Hall–Kier alpha value is -1.23. The molecule has 0 saturated heterocycles. The van der Waals surface area contributed by atoms with Crippen molar-refractivity contribution in [2.45, 2.75) is 0 Å². The first-order valence-electron chi connectivity index (χ1n) is 3.37. The van der Waals surface area contributed by atoms with E-state index in [4.69, 9.17) is 11.6 Å². The smallest absolute Gasteiger partial charge is 0.220 e. The van der Waals surface area contributed by atoms with Gasteiger partial charge in [0, 0.05) is 4.47 Å². The monoisotopic (exact) mass is 226 g/mol. The van der Waals surface area contributed by atoms with Gasteiger partial charge in [-0.2, -0.15) is 0 Å². The highest BCUT2D eigenvalue weighted by Crippen LogP contribution is 2.23. The molecule has 0 bridgehead atoms. The molecule has 0 spiro atoms. The molecule has 0 aliphatic heterocycles. The third-order valence-corrected chi connectivity index (χ3v) is 2.33. The Morgan fingerprint density at radius 1 is 1.42 bits per heavy atom. The topological polar surface area (TPSA) is 69.9 Å². The molecule has 0 aliphatic rings. The van der Waals surface area contributed by atoms with Crippen LogP contribution >= 0.6 is 15.9 Å². The summed E-state index contributed by atoms with van der Waals surface area (Å²) < 4.78 is 2.26. The molecule has 62 valence electrons. The predicted molar refractivity (Wildman–Crippen MR) is 52.0 cm³/mol. The van der Waals surface area contributed by atoms with Crippen molar-refractivity contribution in [3.63, 3.8) is 0 Å². The molecule has 4 N–H and O–H groups in total. The largest absolute Gasteiger partial charge is 0.368 e. The van der Waals surface area contributed by atoms with Gasteiger partial charge in [-0.15, -0.1) is 0 Å². The third-order valence-electron chi connectivity index (χ3n) is 1.69. The van der Waals surface area contributed by atoms with Crippen molar-refractivity contribution < 1.29 is 0 Å². The number of anilines is 1. The number of nitrogens with zero attached hydrogens (tertiary/aromatic N) is 2. The van der Waals surface area contributed by atoms with E-state index in [9.17, 15) is 0 Å². The standard InChI is InChI=1S/C7H7BrN4/c8-4-2-1-3-5-6(4)12(10)7(9)11-5/h1-3H,10H2,(H2,9,11). The summed E-state index contributed by atoms with van der Waals surface area (Å²) in [5.74, 6) is 5.95. The van der Waals surface area contributed by atoms with Crippen LogP contribution in [0.5, 0.6) is 0 Å². The summed E-state index contributed by atoms with van der Waals surface area (Å²) >= 11 is 3.36.